The number of carbonyl (C=O) groups is 1. The lowest BCUT2D eigenvalue weighted by molar-refractivity contribution is -0.115. The van der Waals surface area contributed by atoms with Gasteiger partial charge in [-0.2, -0.15) is 0 Å². The average Bonchev–Trinajstić information content (AvgIpc) is 2.96. The highest BCUT2D eigenvalue weighted by molar-refractivity contribution is 7.13. The first-order valence-corrected chi connectivity index (χ1v) is 6.99. The molecular weight excluding hydrogens is 234 g/mol. The molecule has 1 aromatic heterocycles. The first kappa shape index (κ1) is 12.5. The van der Waals surface area contributed by atoms with Crippen LogP contribution in [-0.4, -0.2) is 24.0 Å². The molecule has 0 aromatic carbocycles. The Kier molecular flexibility index (Phi) is 4.12. The summed E-state index contributed by atoms with van der Waals surface area (Å²) in [7, 11) is 0. The second kappa shape index (κ2) is 5.60. The van der Waals surface area contributed by atoms with Crippen LogP contribution in [0.4, 0.5) is 5.13 Å². The Bertz CT molecular complexity index is 385. The monoisotopic (exact) mass is 253 g/mol. The summed E-state index contributed by atoms with van der Waals surface area (Å²) in [6.45, 7) is 5.53. The van der Waals surface area contributed by atoms with E-state index >= 15 is 0 Å². The molecule has 1 amide bonds. The molecule has 5 heteroatoms. The molecule has 0 spiro atoms. The molecule has 1 saturated carbocycles. The lowest BCUT2D eigenvalue weighted by Crippen LogP contribution is -2.29. The van der Waals surface area contributed by atoms with E-state index in [1.807, 2.05) is 5.38 Å². The van der Waals surface area contributed by atoms with Crippen molar-refractivity contribution in [2.45, 2.75) is 32.6 Å². The lowest BCUT2D eigenvalue weighted by atomic mass is 10.2. The molecular formula is C12H19N3OS. The van der Waals surface area contributed by atoms with Gasteiger partial charge in [-0.05, 0) is 31.2 Å². The van der Waals surface area contributed by atoms with Gasteiger partial charge in [0.1, 0.15) is 0 Å². The van der Waals surface area contributed by atoms with Gasteiger partial charge in [0, 0.05) is 5.38 Å². The van der Waals surface area contributed by atoms with Crippen molar-refractivity contribution in [2.75, 3.05) is 18.4 Å². The highest BCUT2D eigenvalue weighted by Crippen LogP contribution is 2.27. The Morgan fingerprint density at radius 2 is 2.35 bits per heavy atom. The fraction of sp³-hybridized carbons (Fsp3) is 0.667. The van der Waals surface area contributed by atoms with Gasteiger partial charge in [0.25, 0.3) is 0 Å². The average molecular weight is 253 g/mol. The molecule has 0 saturated heterocycles. The van der Waals surface area contributed by atoms with Gasteiger partial charge < -0.3 is 10.6 Å². The topological polar surface area (TPSA) is 54.0 Å². The standard InChI is InChI=1S/C12H19N3OS/c1-8(2)10-7-17-12(14-10)15-11(16)6-13-5-9-3-4-9/h7-9,13H,3-6H2,1-2H3,(H,14,15,16). The minimum Gasteiger partial charge on any atom is -0.308 e. The fourth-order valence-electron chi connectivity index (χ4n) is 1.48. The van der Waals surface area contributed by atoms with Crippen molar-refractivity contribution in [1.82, 2.24) is 10.3 Å². The van der Waals surface area contributed by atoms with E-state index in [0.29, 0.717) is 17.6 Å². The quantitative estimate of drug-likeness (QED) is 0.817. The maximum atomic E-state index is 11.6. The van der Waals surface area contributed by atoms with Gasteiger partial charge in [0.05, 0.1) is 12.2 Å². The number of hydrogen-bond donors (Lipinski definition) is 2. The predicted octanol–water partition coefficient (Wildman–Crippen LogP) is 2.20. The minimum atomic E-state index is -0.00435. The third-order valence-electron chi connectivity index (χ3n) is 2.78. The van der Waals surface area contributed by atoms with Crippen molar-refractivity contribution in [1.29, 1.82) is 0 Å². The molecule has 4 nitrogen and oxygen atoms in total. The summed E-state index contributed by atoms with van der Waals surface area (Å²) < 4.78 is 0. The van der Waals surface area contributed by atoms with Crippen LogP contribution in [0.15, 0.2) is 5.38 Å². The van der Waals surface area contributed by atoms with Crippen molar-refractivity contribution >= 4 is 22.4 Å². The molecule has 1 aliphatic carbocycles. The number of hydrogen-bond acceptors (Lipinski definition) is 4. The number of rotatable bonds is 6. The zero-order valence-electron chi connectivity index (χ0n) is 10.3. The van der Waals surface area contributed by atoms with Crippen molar-refractivity contribution < 1.29 is 4.79 Å². The Morgan fingerprint density at radius 1 is 1.59 bits per heavy atom. The Morgan fingerprint density at radius 3 is 2.94 bits per heavy atom. The molecule has 0 bridgehead atoms. The molecule has 2 N–H and O–H groups in total. The Balaban J connectivity index is 1.72. The molecule has 0 aliphatic heterocycles. The number of anilines is 1. The molecule has 94 valence electrons. The van der Waals surface area contributed by atoms with Crippen molar-refractivity contribution in [3.8, 4) is 0 Å². The van der Waals surface area contributed by atoms with Gasteiger partial charge in [0.15, 0.2) is 5.13 Å². The van der Waals surface area contributed by atoms with Crippen LogP contribution in [0.25, 0.3) is 0 Å². The smallest absolute Gasteiger partial charge is 0.240 e. The molecule has 17 heavy (non-hydrogen) atoms. The van der Waals surface area contributed by atoms with Crippen LogP contribution in [-0.2, 0) is 4.79 Å². The molecule has 1 aromatic rings. The van der Waals surface area contributed by atoms with Crippen LogP contribution < -0.4 is 10.6 Å². The van der Waals surface area contributed by atoms with E-state index in [9.17, 15) is 4.79 Å². The van der Waals surface area contributed by atoms with Gasteiger partial charge in [-0.1, -0.05) is 13.8 Å². The molecule has 1 aliphatic rings. The summed E-state index contributed by atoms with van der Waals surface area (Å²) in [5.74, 6) is 1.20. The summed E-state index contributed by atoms with van der Waals surface area (Å²) in [5.41, 5.74) is 1.04. The van der Waals surface area contributed by atoms with Gasteiger partial charge in [-0.3, -0.25) is 4.79 Å². The van der Waals surface area contributed by atoms with E-state index in [0.717, 1.165) is 18.2 Å². The Hall–Kier alpha value is -0.940. The normalized spacial score (nSPS) is 15.2. The summed E-state index contributed by atoms with van der Waals surface area (Å²) in [6.07, 6.45) is 2.61. The lowest BCUT2D eigenvalue weighted by Gasteiger charge is -2.03. The Labute approximate surface area is 106 Å². The first-order chi connectivity index (χ1) is 8.15. The van der Waals surface area contributed by atoms with Crippen LogP contribution in [0.2, 0.25) is 0 Å². The van der Waals surface area contributed by atoms with Crippen LogP contribution >= 0.6 is 11.3 Å². The van der Waals surface area contributed by atoms with Crippen molar-refractivity contribution in [2.24, 2.45) is 5.92 Å². The summed E-state index contributed by atoms with van der Waals surface area (Å²) >= 11 is 1.49. The minimum absolute atomic E-state index is 0.00435. The third-order valence-corrected chi connectivity index (χ3v) is 3.55. The number of amides is 1. The van der Waals surface area contributed by atoms with Crippen LogP contribution in [0.3, 0.4) is 0 Å². The first-order valence-electron chi connectivity index (χ1n) is 6.11. The van der Waals surface area contributed by atoms with Gasteiger partial charge >= 0.3 is 0 Å². The van der Waals surface area contributed by atoms with Gasteiger partial charge in [-0.15, -0.1) is 11.3 Å². The number of nitrogens with zero attached hydrogens (tertiary/aromatic N) is 1. The predicted molar refractivity (Wildman–Crippen MR) is 70.4 cm³/mol. The second-order valence-electron chi connectivity index (χ2n) is 4.85. The summed E-state index contributed by atoms with van der Waals surface area (Å²) in [6, 6.07) is 0. The van der Waals surface area contributed by atoms with E-state index < -0.39 is 0 Å². The maximum absolute atomic E-state index is 11.6. The SMILES string of the molecule is CC(C)c1csc(NC(=O)CNCC2CC2)n1. The van der Waals surface area contributed by atoms with E-state index in [1.165, 1.54) is 24.2 Å². The van der Waals surface area contributed by atoms with Crippen LogP contribution in [0.1, 0.15) is 38.3 Å². The third kappa shape index (κ3) is 4.09. The molecule has 1 heterocycles. The van der Waals surface area contributed by atoms with E-state index in [4.69, 9.17) is 0 Å². The van der Waals surface area contributed by atoms with E-state index in [2.05, 4.69) is 29.5 Å². The second-order valence-corrected chi connectivity index (χ2v) is 5.71. The van der Waals surface area contributed by atoms with Crippen molar-refractivity contribution in [3.63, 3.8) is 0 Å². The summed E-state index contributed by atoms with van der Waals surface area (Å²) in [5, 5.41) is 8.68. The molecule has 1 fully saturated rings. The summed E-state index contributed by atoms with van der Waals surface area (Å²) in [4.78, 5) is 16.0. The van der Waals surface area contributed by atoms with Crippen LogP contribution in [0, 0.1) is 5.92 Å². The molecule has 2 rings (SSSR count). The number of aromatic nitrogens is 1. The van der Waals surface area contributed by atoms with Crippen molar-refractivity contribution in [3.05, 3.63) is 11.1 Å². The van der Waals surface area contributed by atoms with E-state index in [1.54, 1.807) is 0 Å². The zero-order valence-corrected chi connectivity index (χ0v) is 11.1. The highest BCUT2D eigenvalue weighted by atomic mass is 32.1. The van der Waals surface area contributed by atoms with E-state index in [-0.39, 0.29) is 5.91 Å². The highest BCUT2D eigenvalue weighted by Gasteiger charge is 2.20. The number of thiazole rings is 1. The molecule has 0 atom stereocenters. The van der Waals surface area contributed by atoms with Gasteiger partial charge in [0.2, 0.25) is 5.91 Å². The zero-order chi connectivity index (χ0) is 12.3. The number of carbonyl (C=O) groups excluding carboxylic acids is 1. The maximum Gasteiger partial charge on any atom is 0.240 e. The molecule has 0 radical (unpaired) electrons. The number of nitrogens with one attached hydrogen (secondary N) is 2. The molecule has 0 unspecified atom stereocenters. The fourth-order valence-corrected chi connectivity index (χ4v) is 2.37. The largest absolute Gasteiger partial charge is 0.308 e. The van der Waals surface area contributed by atoms with Gasteiger partial charge in [-0.25, -0.2) is 4.98 Å². The van der Waals surface area contributed by atoms with Crippen LogP contribution in [0.5, 0.6) is 0 Å².